The molecule has 1 saturated carbocycles. The maximum atomic E-state index is 5.37. The first-order valence-electron chi connectivity index (χ1n) is 6.98. The second-order valence-electron chi connectivity index (χ2n) is 5.66. The van der Waals surface area contributed by atoms with E-state index >= 15 is 0 Å². The molecule has 1 N–H and O–H groups in total. The van der Waals surface area contributed by atoms with E-state index < -0.39 is 0 Å². The van der Waals surface area contributed by atoms with Gasteiger partial charge in [0.1, 0.15) is 0 Å². The highest BCUT2D eigenvalue weighted by Crippen LogP contribution is 2.27. The molecular weight excluding hydrogens is 226 g/mol. The van der Waals surface area contributed by atoms with E-state index in [1.54, 1.807) is 0 Å². The number of nitrogens with zero attached hydrogens (tertiary/aromatic N) is 2. The van der Waals surface area contributed by atoms with E-state index in [9.17, 15) is 0 Å². The minimum absolute atomic E-state index is 0.701. The van der Waals surface area contributed by atoms with E-state index in [0.717, 1.165) is 30.5 Å². The van der Waals surface area contributed by atoms with Crippen LogP contribution in [0.25, 0.3) is 0 Å². The first-order chi connectivity index (χ1) is 8.69. The van der Waals surface area contributed by atoms with Crippen LogP contribution in [0.5, 0.6) is 0 Å². The van der Waals surface area contributed by atoms with Gasteiger partial charge in [0.2, 0.25) is 0 Å². The summed E-state index contributed by atoms with van der Waals surface area (Å²) in [4.78, 5) is 2.42. The zero-order chi connectivity index (χ0) is 13.0. The Kier molecular flexibility index (Phi) is 4.78. The highest BCUT2D eigenvalue weighted by atomic mass is 16.5. The second-order valence-corrected chi connectivity index (χ2v) is 5.66. The van der Waals surface area contributed by atoms with Gasteiger partial charge in [0, 0.05) is 18.7 Å². The van der Waals surface area contributed by atoms with E-state index in [1.807, 2.05) is 7.05 Å². The standard InChI is InChI=1S/C14H25N3O/c1-11-5-4-6-13(7-11)17(3)10-14-8-12(9-15-2)16-18-14/h8,11,13,15H,4-7,9-10H2,1-3H3. The number of nitrogens with one attached hydrogen (secondary N) is 1. The Morgan fingerprint density at radius 3 is 3.06 bits per heavy atom. The Bertz CT molecular complexity index is 364. The molecule has 2 unspecified atom stereocenters. The molecule has 1 aromatic rings. The van der Waals surface area contributed by atoms with Crippen molar-refractivity contribution in [1.29, 1.82) is 0 Å². The molecule has 4 heteroatoms. The summed E-state index contributed by atoms with van der Waals surface area (Å²) in [6.45, 7) is 4.00. The van der Waals surface area contributed by atoms with E-state index in [2.05, 4.69) is 35.4 Å². The first-order valence-corrected chi connectivity index (χ1v) is 6.98. The zero-order valence-corrected chi connectivity index (χ0v) is 11.8. The maximum absolute atomic E-state index is 5.37. The fourth-order valence-electron chi connectivity index (χ4n) is 2.87. The molecule has 18 heavy (non-hydrogen) atoms. The molecule has 0 bridgehead atoms. The van der Waals surface area contributed by atoms with Crippen molar-refractivity contribution < 1.29 is 4.52 Å². The fraction of sp³-hybridized carbons (Fsp3) is 0.786. The highest BCUT2D eigenvalue weighted by Gasteiger charge is 2.23. The molecule has 1 aromatic heterocycles. The second kappa shape index (κ2) is 6.34. The molecule has 0 saturated heterocycles. The van der Waals surface area contributed by atoms with Crippen molar-refractivity contribution in [2.75, 3.05) is 14.1 Å². The predicted octanol–water partition coefficient (Wildman–Crippen LogP) is 2.40. The summed E-state index contributed by atoms with van der Waals surface area (Å²) in [6, 6.07) is 2.76. The predicted molar refractivity (Wildman–Crippen MR) is 72.2 cm³/mol. The lowest BCUT2D eigenvalue weighted by atomic mass is 9.86. The summed E-state index contributed by atoms with van der Waals surface area (Å²) in [5.41, 5.74) is 0.984. The smallest absolute Gasteiger partial charge is 0.151 e. The molecule has 0 aliphatic heterocycles. The average molecular weight is 251 g/mol. The Balaban J connectivity index is 1.87. The van der Waals surface area contributed by atoms with Crippen LogP contribution in [-0.2, 0) is 13.1 Å². The van der Waals surface area contributed by atoms with E-state index in [4.69, 9.17) is 4.52 Å². The van der Waals surface area contributed by atoms with E-state index in [1.165, 1.54) is 25.7 Å². The lowest BCUT2D eigenvalue weighted by molar-refractivity contribution is 0.145. The summed E-state index contributed by atoms with van der Waals surface area (Å²) in [7, 11) is 4.12. The van der Waals surface area contributed by atoms with Gasteiger partial charge in [-0.2, -0.15) is 0 Å². The van der Waals surface area contributed by atoms with Gasteiger partial charge < -0.3 is 9.84 Å². The van der Waals surface area contributed by atoms with Crippen LogP contribution in [0.2, 0.25) is 0 Å². The molecule has 0 aromatic carbocycles. The van der Waals surface area contributed by atoms with Crippen LogP contribution in [0.4, 0.5) is 0 Å². The van der Waals surface area contributed by atoms with Gasteiger partial charge in [-0.3, -0.25) is 4.90 Å². The monoisotopic (exact) mass is 251 g/mol. The van der Waals surface area contributed by atoms with Crippen molar-refractivity contribution in [2.24, 2.45) is 5.92 Å². The molecular formula is C14H25N3O. The van der Waals surface area contributed by atoms with Crippen molar-refractivity contribution in [2.45, 2.75) is 51.7 Å². The largest absolute Gasteiger partial charge is 0.360 e. The van der Waals surface area contributed by atoms with Gasteiger partial charge in [-0.1, -0.05) is 24.9 Å². The van der Waals surface area contributed by atoms with Crippen molar-refractivity contribution in [1.82, 2.24) is 15.4 Å². The Labute approximate surface area is 110 Å². The van der Waals surface area contributed by atoms with Gasteiger partial charge in [0.05, 0.1) is 12.2 Å². The van der Waals surface area contributed by atoms with Crippen LogP contribution < -0.4 is 5.32 Å². The minimum atomic E-state index is 0.701. The van der Waals surface area contributed by atoms with Crippen molar-refractivity contribution in [3.63, 3.8) is 0 Å². The van der Waals surface area contributed by atoms with Crippen molar-refractivity contribution in [3.05, 3.63) is 17.5 Å². The van der Waals surface area contributed by atoms with E-state index in [-0.39, 0.29) is 0 Å². The summed E-state index contributed by atoms with van der Waals surface area (Å²) < 4.78 is 5.37. The molecule has 0 amide bonds. The third-order valence-electron chi connectivity index (χ3n) is 3.90. The molecule has 102 valence electrons. The summed E-state index contributed by atoms with van der Waals surface area (Å²) in [5, 5.41) is 7.14. The van der Waals surface area contributed by atoms with Crippen molar-refractivity contribution in [3.8, 4) is 0 Å². The molecule has 0 radical (unpaired) electrons. The molecule has 1 aliphatic rings. The third kappa shape index (κ3) is 3.56. The normalized spacial score (nSPS) is 24.7. The number of hydrogen-bond donors (Lipinski definition) is 1. The Morgan fingerprint density at radius 1 is 1.50 bits per heavy atom. The summed E-state index contributed by atoms with van der Waals surface area (Å²) >= 11 is 0. The lowest BCUT2D eigenvalue weighted by Crippen LogP contribution is -2.34. The molecule has 1 heterocycles. The SMILES string of the molecule is CNCc1cc(CN(C)C2CCCC(C)C2)on1. The van der Waals surface area contributed by atoms with Crippen LogP contribution in [0.15, 0.2) is 10.6 Å². The minimum Gasteiger partial charge on any atom is -0.360 e. The van der Waals surface area contributed by atoms with Gasteiger partial charge in [0.15, 0.2) is 5.76 Å². The van der Waals surface area contributed by atoms with Gasteiger partial charge in [-0.05, 0) is 32.9 Å². The van der Waals surface area contributed by atoms with Gasteiger partial charge in [-0.25, -0.2) is 0 Å². The average Bonchev–Trinajstić information content (AvgIpc) is 2.77. The number of hydrogen-bond acceptors (Lipinski definition) is 4. The third-order valence-corrected chi connectivity index (χ3v) is 3.90. The molecule has 0 spiro atoms. The molecule has 1 fully saturated rings. The number of rotatable bonds is 5. The first kappa shape index (κ1) is 13.6. The molecule has 4 nitrogen and oxygen atoms in total. The summed E-state index contributed by atoms with van der Waals surface area (Å²) in [5.74, 6) is 1.83. The lowest BCUT2D eigenvalue weighted by Gasteiger charge is -2.33. The van der Waals surface area contributed by atoms with Crippen LogP contribution in [0, 0.1) is 5.92 Å². The van der Waals surface area contributed by atoms with Gasteiger partial charge in [0.25, 0.3) is 0 Å². The van der Waals surface area contributed by atoms with Crippen molar-refractivity contribution >= 4 is 0 Å². The van der Waals surface area contributed by atoms with Crippen LogP contribution >= 0.6 is 0 Å². The Hall–Kier alpha value is -0.870. The molecule has 2 rings (SSSR count). The molecule has 1 aliphatic carbocycles. The zero-order valence-electron chi connectivity index (χ0n) is 11.8. The van der Waals surface area contributed by atoms with Crippen LogP contribution in [-0.4, -0.2) is 30.2 Å². The van der Waals surface area contributed by atoms with Gasteiger partial charge in [-0.15, -0.1) is 0 Å². The topological polar surface area (TPSA) is 41.3 Å². The fourth-order valence-corrected chi connectivity index (χ4v) is 2.87. The van der Waals surface area contributed by atoms with E-state index in [0.29, 0.717) is 6.04 Å². The Morgan fingerprint density at radius 2 is 2.33 bits per heavy atom. The van der Waals surface area contributed by atoms with Crippen LogP contribution in [0.3, 0.4) is 0 Å². The van der Waals surface area contributed by atoms with Crippen LogP contribution in [0.1, 0.15) is 44.1 Å². The highest BCUT2D eigenvalue weighted by molar-refractivity contribution is 5.05. The van der Waals surface area contributed by atoms with Gasteiger partial charge >= 0.3 is 0 Å². The quantitative estimate of drug-likeness (QED) is 0.872. The maximum Gasteiger partial charge on any atom is 0.151 e. The molecule has 2 atom stereocenters. The number of aromatic nitrogens is 1. The summed E-state index contributed by atoms with van der Waals surface area (Å²) in [6.07, 6.45) is 5.38.